The van der Waals surface area contributed by atoms with Gasteiger partial charge in [-0.25, -0.2) is 4.79 Å². The highest BCUT2D eigenvalue weighted by atomic mass is 19.4. The number of alkyl halides is 3. The molecule has 15 heavy (non-hydrogen) atoms. The van der Waals surface area contributed by atoms with E-state index >= 15 is 0 Å². The Morgan fingerprint density at radius 2 is 2.00 bits per heavy atom. The van der Waals surface area contributed by atoms with Crippen molar-refractivity contribution < 1.29 is 13.2 Å². The van der Waals surface area contributed by atoms with E-state index in [1.54, 1.807) is 5.10 Å². The summed E-state index contributed by atoms with van der Waals surface area (Å²) in [6.45, 7) is 0. The van der Waals surface area contributed by atoms with Crippen molar-refractivity contribution in [3.63, 3.8) is 0 Å². The minimum atomic E-state index is -4.62. The van der Waals surface area contributed by atoms with Crippen molar-refractivity contribution in [2.45, 2.75) is 6.18 Å². The van der Waals surface area contributed by atoms with Crippen molar-refractivity contribution in [1.82, 2.24) is 20.2 Å². The van der Waals surface area contributed by atoms with Crippen molar-refractivity contribution in [3.05, 3.63) is 16.2 Å². The number of hydrogen-bond donors (Lipinski definition) is 3. The average Bonchev–Trinajstić information content (AvgIpc) is 2.45. The Morgan fingerprint density at radius 1 is 1.33 bits per heavy atom. The molecule has 2 aromatic heterocycles. The molecule has 0 bridgehead atoms. The van der Waals surface area contributed by atoms with E-state index in [0.29, 0.717) is 0 Å². The maximum Gasteiger partial charge on any atom is 0.433 e. The fourth-order valence-corrected chi connectivity index (χ4v) is 1.18. The summed E-state index contributed by atoms with van der Waals surface area (Å²) in [4.78, 5) is 16.0. The second-order valence-electron chi connectivity index (χ2n) is 2.75. The maximum absolute atomic E-state index is 12.4. The highest BCUT2D eigenvalue weighted by Gasteiger charge is 2.36. The molecule has 0 atom stereocenters. The Bertz CT molecular complexity index is 568. The van der Waals surface area contributed by atoms with Crippen molar-refractivity contribution >= 4 is 16.9 Å². The fraction of sp³-hybridized carbons (Fsp3) is 0.167. The van der Waals surface area contributed by atoms with E-state index in [2.05, 4.69) is 10.1 Å². The second kappa shape index (κ2) is 2.72. The lowest BCUT2D eigenvalue weighted by atomic mass is 10.3. The number of halogens is 3. The van der Waals surface area contributed by atoms with E-state index in [4.69, 9.17) is 5.73 Å². The van der Waals surface area contributed by atoms with Crippen molar-refractivity contribution in [2.75, 3.05) is 5.73 Å². The summed E-state index contributed by atoms with van der Waals surface area (Å²) in [7, 11) is 0. The Morgan fingerprint density at radius 3 is 2.60 bits per heavy atom. The number of rotatable bonds is 0. The van der Waals surface area contributed by atoms with Gasteiger partial charge in [0, 0.05) is 0 Å². The van der Waals surface area contributed by atoms with Gasteiger partial charge in [-0.3, -0.25) is 10.1 Å². The third-order valence-corrected chi connectivity index (χ3v) is 1.75. The summed E-state index contributed by atoms with van der Waals surface area (Å²) in [5, 5.41) is 4.61. The molecule has 0 fully saturated rings. The number of anilines is 1. The number of nitrogens with two attached hydrogens (primary N) is 1. The third kappa shape index (κ3) is 1.41. The van der Waals surface area contributed by atoms with Crippen molar-refractivity contribution in [2.24, 2.45) is 0 Å². The van der Waals surface area contributed by atoms with Crippen LogP contribution in [0.15, 0.2) is 4.79 Å². The normalized spacial score (nSPS) is 12.2. The fourth-order valence-electron chi connectivity index (χ4n) is 1.18. The summed E-state index contributed by atoms with van der Waals surface area (Å²) in [6, 6.07) is 0. The first-order valence-electron chi connectivity index (χ1n) is 3.70. The van der Waals surface area contributed by atoms with E-state index in [1.807, 2.05) is 4.98 Å². The van der Waals surface area contributed by atoms with Crippen LogP contribution in [-0.2, 0) is 6.18 Å². The van der Waals surface area contributed by atoms with Gasteiger partial charge in [0.1, 0.15) is 5.82 Å². The van der Waals surface area contributed by atoms with Gasteiger partial charge in [0.25, 0.3) is 0 Å². The number of nitrogens with one attached hydrogen (secondary N) is 2. The summed E-state index contributed by atoms with van der Waals surface area (Å²) in [5.41, 5.74) is 2.97. The first-order valence-corrected chi connectivity index (χ1v) is 3.70. The summed E-state index contributed by atoms with van der Waals surface area (Å²) < 4.78 is 37.2. The second-order valence-corrected chi connectivity index (χ2v) is 2.75. The van der Waals surface area contributed by atoms with Crippen LogP contribution < -0.4 is 11.4 Å². The number of aromatic nitrogens is 4. The molecule has 0 spiro atoms. The number of nitrogen functional groups attached to an aromatic ring is 1. The predicted octanol–water partition coefficient (Wildman–Crippen LogP) is 0.247. The first kappa shape index (κ1) is 9.49. The number of aromatic amines is 2. The molecular weight excluding hydrogens is 215 g/mol. The molecule has 0 saturated heterocycles. The van der Waals surface area contributed by atoms with Crippen LogP contribution in [0.2, 0.25) is 0 Å². The molecule has 9 heteroatoms. The smallest absolute Gasteiger partial charge is 0.383 e. The molecule has 6 nitrogen and oxygen atoms in total. The lowest BCUT2D eigenvalue weighted by Crippen LogP contribution is -2.14. The minimum absolute atomic E-state index is 0.264. The highest BCUT2D eigenvalue weighted by Crippen LogP contribution is 2.33. The first-order chi connectivity index (χ1) is 6.89. The number of H-pyrrole nitrogens is 2. The molecule has 80 valence electrons. The zero-order valence-electron chi connectivity index (χ0n) is 7.01. The maximum atomic E-state index is 12.4. The van der Waals surface area contributed by atoms with Crippen LogP contribution >= 0.6 is 0 Å². The molecule has 2 rings (SSSR count). The highest BCUT2D eigenvalue weighted by molar-refractivity contribution is 5.87. The molecule has 0 aromatic carbocycles. The predicted molar refractivity (Wildman–Crippen MR) is 43.9 cm³/mol. The van der Waals surface area contributed by atoms with Crippen LogP contribution in [0.1, 0.15) is 5.69 Å². The Hall–Kier alpha value is -2.06. The van der Waals surface area contributed by atoms with E-state index in [-0.39, 0.29) is 5.65 Å². The van der Waals surface area contributed by atoms with E-state index < -0.39 is 28.8 Å². The molecule has 0 aliphatic rings. The van der Waals surface area contributed by atoms with Crippen molar-refractivity contribution in [3.8, 4) is 0 Å². The van der Waals surface area contributed by atoms with Crippen molar-refractivity contribution in [1.29, 1.82) is 0 Å². The van der Waals surface area contributed by atoms with E-state index in [9.17, 15) is 18.0 Å². The largest absolute Gasteiger partial charge is 0.433 e. The van der Waals surface area contributed by atoms with Gasteiger partial charge < -0.3 is 5.73 Å². The molecule has 4 N–H and O–H groups in total. The van der Waals surface area contributed by atoms with E-state index in [1.165, 1.54) is 0 Å². The lowest BCUT2D eigenvalue weighted by molar-refractivity contribution is -0.139. The van der Waals surface area contributed by atoms with Crippen LogP contribution in [0.5, 0.6) is 0 Å². The quantitative estimate of drug-likeness (QED) is 0.591. The third-order valence-electron chi connectivity index (χ3n) is 1.75. The van der Waals surface area contributed by atoms with Gasteiger partial charge in [-0.1, -0.05) is 0 Å². The molecule has 0 saturated carbocycles. The van der Waals surface area contributed by atoms with E-state index in [0.717, 1.165) is 0 Å². The molecule has 0 unspecified atom stereocenters. The van der Waals surface area contributed by atoms with Crippen LogP contribution in [0, 0.1) is 0 Å². The van der Waals surface area contributed by atoms with Gasteiger partial charge in [-0.05, 0) is 0 Å². The molecule has 0 amide bonds. The van der Waals surface area contributed by atoms with Gasteiger partial charge in [0.15, 0.2) is 11.3 Å². The minimum Gasteiger partial charge on any atom is -0.383 e. The molecule has 0 radical (unpaired) electrons. The molecule has 0 aliphatic carbocycles. The topological polar surface area (TPSA) is 100 Å². The van der Waals surface area contributed by atoms with Gasteiger partial charge >= 0.3 is 11.9 Å². The standard InChI is InChI=1S/C6H4F3N5O/c7-6(8,9)2-1-3(10)11-5(15)12-4(1)14-13-2/h(H4,10,11,12,13,14,15). The molecule has 2 heterocycles. The zero-order valence-corrected chi connectivity index (χ0v) is 7.01. The van der Waals surface area contributed by atoms with Crippen LogP contribution in [-0.4, -0.2) is 20.2 Å². The zero-order chi connectivity index (χ0) is 11.2. The number of fused-ring (bicyclic) bond motifs is 1. The van der Waals surface area contributed by atoms with Gasteiger partial charge in [0.05, 0.1) is 5.39 Å². The Labute approximate surface area is 79.3 Å². The van der Waals surface area contributed by atoms with Crippen LogP contribution in [0.3, 0.4) is 0 Å². The monoisotopic (exact) mass is 219 g/mol. The number of hydrogen-bond acceptors (Lipinski definition) is 4. The van der Waals surface area contributed by atoms with Gasteiger partial charge in [0.2, 0.25) is 0 Å². The average molecular weight is 219 g/mol. The van der Waals surface area contributed by atoms with Gasteiger partial charge in [-0.15, -0.1) is 0 Å². The molecule has 2 aromatic rings. The van der Waals surface area contributed by atoms with Crippen LogP contribution in [0.25, 0.3) is 11.0 Å². The number of nitrogens with zero attached hydrogens (tertiary/aromatic N) is 2. The summed E-state index contributed by atoms with van der Waals surface area (Å²) >= 11 is 0. The lowest BCUT2D eigenvalue weighted by Gasteiger charge is -2.03. The summed E-state index contributed by atoms with van der Waals surface area (Å²) in [5.74, 6) is -0.505. The van der Waals surface area contributed by atoms with Crippen LogP contribution in [0.4, 0.5) is 19.0 Å². The Balaban J connectivity index is 2.86. The molecular formula is C6H4F3N5O. The van der Waals surface area contributed by atoms with Gasteiger partial charge in [-0.2, -0.15) is 23.3 Å². The Kier molecular flexibility index (Phi) is 1.72. The SMILES string of the molecule is Nc1nc(=O)[nH]c2n[nH]c(C(F)(F)F)c12. The molecule has 0 aliphatic heterocycles. The summed E-state index contributed by atoms with van der Waals surface area (Å²) in [6.07, 6.45) is -4.62.